The second kappa shape index (κ2) is 7.20. The lowest BCUT2D eigenvalue weighted by Crippen LogP contribution is -2.31. The maximum Gasteiger partial charge on any atom is 0.239 e. The standard InChI is InChI=1S/C18H17ClN2OS/c1-13-2-8-16(9-3-13)20-18-21(17(22)12-23-18)11-10-14-4-6-15(19)7-5-14/h2-9H,10-12H2,1H3. The molecule has 0 atom stereocenters. The van der Waals surface area contributed by atoms with Gasteiger partial charge in [0.2, 0.25) is 5.91 Å². The topological polar surface area (TPSA) is 32.7 Å². The smallest absolute Gasteiger partial charge is 0.239 e. The molecule has 1 aliphatic rings. The van der Waals surface area contributed by atoms with Crippen LogP contribution in [0.2, 0.25) is 5.02 Å². The van der Waals surface area contributed by atoms with Gasteiger partial charge in [0.1, 0.15) is 0 Å². The number of aryl methyl sites for hydroxylation is 1. The summed E-state index contributed by atoms with van der Waals surface area (Å²) in [6.07, 6.45) is 0.788. The Morgan fingerprint density at radius 3 is 2.52 bits per heavy atom. The fraction of sp³-hybridized carbons (Fsp3) is 0.222. The lowest BCUT2D eigenvalue weighted by molar-refractivity contribution is -0.124. The van der Waals surface area contributed by atoms with Crippen LogP contribution in [-0.4, -0.2) is 28.3 Å². The zero-order valence-corrected chi connectivity index (χ0v) is 14.4. The summed E-state index contributed by atoms with van der Waals surface area (Å²) < 4.78 is 0. The van der Waals surface area contributed by atoms with Gasteiger partial charge in [0.15, 0.2) is 5.17 Å². The third-order valence-electron chi connectivity index (χ3n) is 3.65. The highest BCUT2D eigenvalue weighted by molar-refractivity contribution is 8.15. The Labute approximate surface area is 145 Å². The van der Waals surface area contributed by atoms with Crippen molar-refractivity contribution in [2.45, 2.75) is 13.3 Å². The maximum atomic E-state index is 12.1. The molecule has 1 amide bonds. The summed E-state index contributed by atoms with van der Waals surface area (Å²) in [4.78, 5) is 18.5. The van der Waals surface area contributed by atoms with Gasteiger partial charge >= 0.3 is 0 Å². The molecule has 0 bridgehead atoms. The average molecular weight is 345 g/mol. The third-order valence-corrected chi connectivity index (χ3v) is 4.87. The number of halogens is 1. The van der Waals surface area contributed by atoms with E-state index >= 15 is 0 Å². The SMILES string of the molecule is Cc1ccc(N=C2SCC(=O)N2CCc2ccc(Cl)cc2)cc1. The van der Waals surface area contributed by atoms with E-state index in [-0.39, 0.29) is 5.91 Å². The van der Waals surface area contributed by atoms with E-state index in [9.17, 15) is 4.79 Å². The van der Waals surface area contributed by atoms with Crippen LogP contribution in [0.1, 0.15) is 11.1 Å². The molecular weight excluding hydrogens is 328 g/mol. The Balaban J connectivity index is 1.72. The largest absolute Gasteiger partial charge is 0.290 e. The van der Waals surface area contributed by atoms with E-state index in [2.05, 4.69) is 4.99 Å². The number of hydrogen-bond acceptors (Lipinski definition) is 3. The van der Waals surface area contributed by atoms with E-state index in [1.807, 2.05) is 55.5 Å². The van der Waals surface area contributed by atoms with E-state index in [4.69, 9.17) is 11.6 Å². The predicted octanol–water partition coefficient (Wildman–Crippen LogP) is 4.45. The molecule has 1 aliphatic heterocycles. The van der Waals surface area contributed by atoms with Gasteiger partial charge in [0, 0.05) is 11.6 Å². The summed E-state index contributed by atoms with van der Waals surface area (Å²) in [6.45, 7) is 2.68. The van der Waals surface area contributed by atoms with Crippen molar-refractivity contribution in [3.05, 3.63) is 64.7 Å². The number of nitrogens with zero attached hydrogens (tertiary/aromatic N) is 2. The van der Waals surface area contributed by atoms with Crippen molar-refractivity contribution in [3.8, 4) is 0 Å². The van der Waals surface area contributed by atoms with Crippen LogP contribution in [-0.2, 0) is 11.2 Å². The number of benzene rings is 2. The highest BCUT2D eigenvalue weighted by Crippen LogP contribution is 2.24. The number of aliphatic imine (C=N–C) groups is 1. The molecule has 0 aromatic heterocycles. The Bertz CT molecular complexity index is 726. The number of amides is 1. The Morgan fingerprint density at radius 2 is 1.83 bits per heavy atom. The van der Waals surface area contributed by atoms with Gasteiger partial charge in [-0.05, 0) is 43.2 Å². The van der Waals surface area contributed by atoms with Crippen molar-refractivity contribution in [2.24, 2.45) is 4.99 Å². The molecule has 5 heteroatoms. The van der Waals surface area contributed by atoms with Crippen molar-refractivity contribution in [1.29, 1.82) is 0 Å². The van der Waals surface area contributed by atoms with Crippen molar-refractivity contribution in [1.82, 2.24) is 4.90 Å². The molecule has 1 fully saturated rings. The van der Waals surface area contributed by atoms with Gasteiger partial charge in [0.25, 0.3) is 0 Å². The minimum Gasteiger partial charge on any atom is -0.290 e. The maximum absolute atomic E-state index is 12.1. The van der Waals surface area contributed by atoms with Crippen LogP contribution in [0.25, 0.3) is 0 Å². The second-order valence-corrected chi connectivity index (χ2v) is 6.82. The summed E-state index contributed by atoms with van der Waals surface area (Å²) in [5, 5.41) is 1.51. The van der Waals surface area contributed by atoms with Gasteiger partial charge in [-0.25, -0.2) is 4.99 Å². The van der Waals surface area contributed by atoms with Gasteiger partial charge in [-0.2, -0.15) is 0 Å². The van der Waals surface area contributed by atoms with Crippen LogP contribution in [0.15, 0.2) is 53.5 Å². The van der Waals surface area contributed by atoms with Gasteiger partial charge in [-0.1, -0.05) is 53.2 Å². The first kappa shape index (κ1) is 16.1. The molecule has 3 nitrogen and oxygen atoms in total. The van der Waals surface area contributed by atoms with Crippen LogP contribution >= 0.6 is 23.4 Å². The molecule has 118 valence electrons. The van der Waals surface area contributed by atoms with E-state index in [1.54, 1.807) is 4.90 Å². The summed E-state index contributed by atoms with van der Waals surface area (Å²) in [6, 6.07) is 15.7. The molecule has 2 aromatic rings. The molecule has 0 unspecified atom stereocenters. The number of carbonyl (C=O) groups excluding carboxylic acids is 1. The van der Waals surface area contributed by atoms with Crippen LogP contribution in [0.4, 0.5) is 5.69 Å². The minimum atomic E-state index is 0.120. The van der Waals surface area contributed by atoms with Crippen molar-refractivity contribution >= 4 is 40.1 Å². The van der Waals surface area contributed by atoms with Gasteiger partial charge in [0.05, 0.1) is 11.4 Å². The summed E-state index contributed by atoms with van der Waals surface area (Å²) in [5.74, 6) is 0.584. The molecule has 1 heterocycles. The lowest BCUT2D eigenvalue weighted by atomic mass is 10.1. The zero-order chi connectivity index (χ0) is 16.2. The first-order valence-electron chi connectivity index (χ1n) is 7.45. The van der Waals surface area contributed by atoms with Crippen molar-refractivity contribution in [2.75, 3.05) is 12.3 Å². The molecule has 0 spiro atoms. The highest BCUT2D eigenvalue weighted by atomic mass is 35.5. The van der Waals surface area contributed by atoms with E-state index in [1.165, 1.54) is 17.3 Å². The molecule has 0 aliphatic carbocycles. The van der Waals surface area contributed by atoms with E-state index in [0.717, 1.165) is 27.9 Å². The molecule has 0 saturated carbocycles. The van der Waals surface area contributed by atoms with Gasteiger partial charge in [-0.3, -0.25) is 9.69 Å². The minimum absolute atomic E-state index is 0.120. The highest BCUT2D eigenvalue weighted by Gasteiger charge is 2.27. The van der Waals surface area contributed by atoms with Gasteiger partial charge < -0.3 is 0 Å². The van der Waals surface area contributed by atoms with Crippen molar-refractivity contribution in [3.63, 3.8) is 0 Å². The Morgan fingerprint density at radius 1 is 1.13 bits per heavy atom. The Kier molecular flexibility index (Phi) is 5.03. The monoisotopic (exact) mass is 344 g/mol. The summed E-state index contributed by atoms with van der Waals surface area (Å²) >= 11 is 7.40. The zero-order valence-electron chi connectivity index (χ0n) is 12.8. The quantitative estimate of drug-likeness (QED) is 0.820. The van der Waals surface area contributed by atoms with Crippen LogP contribution in [0, 0.1) is 6.92 Å². The molecule has 1 saturated heterocycles. The van der Waals surface area contributed by atoms with E-state index < -0.39 is 0 Å². The number of carbonyl (C=O) groups is 1. The predicted molar refractivity (Wildman–Crippen MR) is 97.6 cm³/mol. The van der Waals surface area contributed by atoms with E-state index in [0.29, 0.717) is 12.3 Å². The average Bonchev–Trinajstić information content (AvgIpc) is 2.89. The molecule has 0 N–H and O–H groups in total. The fourth-order valence-electron chi connectivity index (χ4n) is 2.32. The van der Waals surface area contributed by atoms with Crippen LogP contribution < -0.4 is 0 Å². The Hall–Kier alpha value is -1.78. The van der Waals surface area contributed by atoms with Gasteiger partial charge in [-0.15, -0.1) is 0 Å². The second-order valence-electron chi connectivity index (χ2n) is 5.44. The molecule has 23 heavy (non-hydrogen) atoms. The first-order valence-corrected chi connectivity index (χ1v) is 8.81. The fourth-order valence-corrected chi connectivity index (χ4v) is 3.38. The number of amidine groups is 1. The lowest BCUT2D eigenvalue weighted by Gasteiger charge is -2.16. The third kappa shape index (κ3) is 4.15. The van der Waals surface area contributed by atoms with Crippen molar-refractivity contribution < 1.29 is 4.79 Å². The molecule has 3 rings (SSSR count). The van der Waals surface area contributed by atoms with Crippen LogP contribution in [0.5, 0.6) is 0 Å². The molecular formula is C18H17ClN2OS. The van der Waals surface area contributed by atoms with Crippen LogP contribution in [0.3, 0.4) is 0 Å². The number of thioether (sulfide) groups is 1. The molecule has 0 radical (unpaired) electrons. The molecule has 2 aromatic carbocycles. The number of rotatable bonds is 4. The summed E-state index contributed by atoms with van der Waals surface area (Å²) in [7, 11) is 0. The first-order chi connectivity index (χ1) is 11.1. The normalized spacial score (nSPS) is 16.3. The number of hydrogen-bond donors (Lipinski definition) is 0. The summed E-state index contributed by atoms with van der Waals surface area (Å²) in [5.41, 5.74) is 3.24.